The van der Waals surface area contributed by atoms with E-state index >= 15 is 0 Å². The summed E-state index contributed by atoms with van der Waals surface area (Å²) >= 11 is 0. The van der Waals surface area contributed by atoms with Crippen molar-refractivity contribution >= 4 is 22.6 Å². The molecule has 21 heavy (non-hydrogen) atoms. The first-order valence-corrected chi connectivity index (χ1v) is 7.48. The van der Waals surface area contributed by atoms with Gasteiger partial charge in [0.15, 0.2) is 0 Å². The van der Waals surface area contributed by atoms with Gasteiger partial charge in [-0.3, -0.25) is 4.79 Å². The average Bonchev–Trinajstić information content (AvgIpc) is 2.92. The number of pyridine rings is 1. The van der Waals surface area contributed by atoms with Crippen LogP contribution in [0.25, 0.3) is 10.8 Å². The molecule has 0 spiro atoms. The van der Waals surface area contributed by atoms with E-state index in [1.165, 1.54) is 0 Å². The molecule has 1 aromatic heterocycles. The third-order valence-electron chi connectivity index (χ3n) is 4.49. The second-order valence-electron chi connectivity index (χ2n) is 5.86. The van der Waals surface area contributed by atoms with E-state index in [9.17, 15) is 9.90 Å². The number of hydrogen-bond donors (Lipinski definition) is 1. The van der Waals surface area contributed by atoms with Crippen molar-refractivity contribution in [2.75, 3.05) is 18.0 Å². The molecule has 0 amide bonds. The van der Waals surface area contributed by atoms with Gasteiger partial charge in [0.2, 0.25) is 0 Å². The lowest BCUT2D eigenvalue weighted by Crippen LogP contribution is -2.34. The molecule has 1 aliphatic heterocycles. The van der Waals surface area contributed by atoms with Crippen molar-refractivity contribution in [3.8, 4) is 0 Å². The first kappa shape index (κ1) is 13.9. The van der Waals surface area contributed by atoms with Gasteiger partial charge in [-0.15, -0.1) is 0 Å². The lowest BCUT2D eigenvalue weighted by molar-refractivity contribution is -0.148. The minimum Gasteiger partial charge on any atom is -0.481 e. The number of carbonyl (C=O) groups is 1. The highest BCUT2D eigenvalue weighted by Gasteiger charge is 2.44. The number of rotatable bonds is 4. The maximum Gasteiger partial charge on any atom is 0.311 e. The summed E-state index contributed by atoms with van der Waals surface area (Å²) in [5.41, 5.74) is -0.618. The van der Waals surface area contributed by atoms with Crippen LogP contribution in [0, 0.1) is 5.41 Å². The van der Waals surface area contributed by atoms with Gasteiger partial charge in [0.1, 0.15) is 5.82 Å². The summed E-state index contributed by atoms with van der Waals surface area (Å²) in [4.78, 5) is 18.3. The maximum absolute atomic E-state index is 11.7. The zero-order chi connectivity index (χ0) is 14.9. The van der Waals surface area contributed by atoms with Crippen LogP contribution in [0.2, 0.25) is 0 Å². The molecule has 2 heterocycles. The third kappa shape index (κ3) is 2.35. The topological polar surface area (TPSA) is 53.4 Å². The smallest absolute Gasteiger partial charge is 0.311 e. The molecule has 1 fully saturated rings. The van der Waals surface area contributed by atoms with E-state index in [1.54, 1.807) is 6.20 Å². The standard InChI is InChI=1S/C17H20N2O2/c1-2-8-17(16(20)21)9-11-19(12-17)15-14-6-4-3-5-13(14)7-10-18-15/h3-7,10H,2,8-9,11-12H2,1H3,(H,20,21). The summed E-state index contributed by atoms with van der Waals surface area (Å²) < 4.78 is 0. The van der Waals surface area contributed by atoms with Crippen LogP contribution < -0.4 is 4.90 Å². The summed E-state index contributed by atoms with van der Waals surface area (Å²) in [6.07, 6.45) is 4.12. The number of aromatic nitrogens is 1. The van der Waals surface area contributed by atoms with E-state index < -0.39 is 11.4 Å². The van der Waals surface area contributed by atoms with E-state index in [1.807, 2.05) is 25.1 Å². The molecule has 4 heteroatoms. The molecular weight excluding hydrogens is 264 g/mol. The number of carboxylic acid groups (broad SMARTS) is 1. The Kier molecular flexibility index (Phi) is 3.53. The van der Waals surface area contributed by atoms with Crippen molar-refractivity contribution in [3.05, 3.63) is 36.5 Å². The second-order valence-corrected chi connectivity index (χ2v) is 5.86. The molecule has 1 aliphatic rings. The van der Waals surface area contributed by atoms with Gasteiger partial charge in [0.05, 0.1) is 5.41 Å². The SMILES string of the molecule is CCCC1(C(=O)O)CCN(c2nccc3ccccc23)C1. The molecule has 1 aromatic carbocycles. The van der Waals surface area contributed by atoms with Crippen molar-refractivity contribution in [2.24, 2.45) is 5.41 Å². The molecule has 1 N–H and O–H groups in total. The fourth-order valence-electron chi connectivity index (χ4n) is 3.37. The van der Waals surface area contributed by atoms with Crippen LogP contribution >= 0.6 is 0 Å². The maximum atomic E-state index is 11.7. The molecule has 2 aromatic rings. The summed E-state index contributed by atoms with van der Waals surface area (Å²) in [5, 5.41) is 11.9. The minimum absolute atomic E-state index is 0.553. The van der Waals surface area contributed by atoms with Crippen LogP contribution in [-0.2, 0) is 4.79 Å². The Morgan fingerprint density at radius 2 is 2.19 bits per heavy atom. The summed E-state index contributed by atoms with van der Waals surface area (Å²) in [5.74, 6) is 0.236. The van der Waals surface area contributed by atoms with E-state index in [2.05, 4.69) is 22.0 Å². The van der Waals surface area contributed by atoms with E-state index in [0.29, 0.717) is 13.0 Å². The normalized spacial score (nSPS) is 21.9. The fourth-order valence-corrected chi connectivity index (χ4v) is 3.37. The van der Waals surface area contributed by atoms with Crippen LogP contribution in [0.3, 0.4) is 0 Å². The molecule has 4 nitrogen and oxygen atoms in total. The Morgan fingerprint density at radius 3 is 2.95 bits per heavy atom. The van der Waals surface area contributed by atoms with Crippen molar-refractivity contribution in [1.82, 2.24) is 4.98 Å². The zero-order valence-corrected chi connectivity index (χ0v) is 12.2. The largest absolute Gasteiger partial charge is 0.481 e. The van der Waals surface area contributed by atoms with Gasteiger partial charge in [-0.05, 0) is 24.3 Å². The number of fused-ring (bicyclic) bond motifs is 1. The van der Waals surface area contributed by atoms with Crippen LogP contribution in [0.1, 0.15) is 26.2 Å². The molecule has 0 radical (unpaired) electrons. The molecule has 110 valence electrons. The molecule has 0 saturated carbocycles. The van der Waals surface area contributed by atoms with Gasteiger partial charge in [0, 0.05) is 24.7 Å². The lowest BCUT2D eigenvalue weighted by Gasteiger charge is -2.25. The molecule has 1 unspecified atom stereocenters. The lowest BCUT2D eigenvalue weighted by atomic mass is 9.83. The van der Waals surface area contributed by atoms with Crippen molar-refractivity contribution in [3.63, 3.8) is 0 Å². The van der Waals surface area contributed by atoms with Crippen LogP contribution in [0.15, 0.2) is 36.5 Å². The predicted octanol–water partition coefficient (Wildman–Crippen LogP) is 3.32. The first-order valence-electron chi connectivity index (χ1n) is 7.48. The quantitative estimate of drug-likeness (QED) is 0.935. The van der Waals surface area contributed by atoms with Gasteiger partial charge < -0.3 is 10.0 Å². The Hall–Kier alpha value is -2.10. The highest BCUT2D eigenvalue weighted by molar-refractivity contribution is 5.92. The van der Waals surface area contributed by atoms with Crippen LogP contribution in [0.5, 0.6) is 0 Å². The summed E-state index contributed by atoms with van der Waals surface area (Å²) in [6.45, 7) is 3.36. The predicted molar refractivity (Wildman–Crippen MR) is 83.5 cm³/mol. The van der Waals surface area contributed by atoms with Crippen LogP contribution in [-0.4, -0.2) is 29.1 Å². The van der Waals surface area contributed by atoms with Gasteiger partial charge in [-0.2, -0.15) is 0 Å². The van der Waals surface area contributed by atoms with E-state index in [4.69, 9.17) is 0 Å². The van der Waals surface area contributed by atoms with Gasteiger partial charge in [0.25, 0.3) is 0 Å². The number of aliphatic carboxylic acids is 1. The average molecular weight is 284 g/mol. The molecule has 0 bridgehead atoms. The zero-order valence-electron chi connectivity index (χ0n) is 12.2. The molecule has 1 atom stereocenters. The second kappa shape index (κ2) is 5.35. The van der Waals surface area contributed by atoms with Gasteiger partial charge in [-0.25, -0.2) is 4.98 Å². The number of anilines is 1. The fraction of sp³-hybridized carbons (Fsp3) is 0.412. The Bertz CT molecular complexity index is 665. The Balaban J connectivity index is 1.96. The minimum atomic E-state index is -0.674. The Labute approximate surface area is 124 Å². The highest BCUT2D eigenvalue weighted by atomic mass is 16.4. The first-order chi connectivity index (χ1) is 10.2. The van der Waals surface area contributed by atoms with E-state index in [0.717, 1.165) is 36.0 Å². The van der Waals surface area contributed by atoms with E-state index in [-0.39, 0.29) is 0 Å². The number of nitrogens with zero attached hydrogens (tertiary/aromatic N) is 2. The van der Waals surface area contributed by atoms with Gasteiger partial charge >= 0.3 is 5.97 Å². The number of benzene rings is 1. The molecule has 0 aliphatic carbocycles. The molecule has 3 rings (SSSR count). The monoisotopic (exact) mass is 284 g/mol. The molecular formula is C17H20N2O2. The third-order valence-corrected chi connectivity index (χ3v) is 4.49. The van der Waals surface area contributed by atoms with Crippen molar-refractivity contribution in [2.45, 2.75) is 26.2 Å². The van der Waals surface area contributed by atoms with Crippen molar-refractivity contribution in [1.29, 1.82) is 0 Å². The molecule has 1 saturated heterocycles. The number of carboxylic acids is 1. The van der Waals surface area contributed by atoms with Crippen LogP contribution in [0.4, 0.5) is 5.82 Å². The summed E-state index contributed by atoms with van der Waals surface area (Å²) in [7, 11) is 0. The van der Waals surface area contributed by atoms with Gasteiger partial charge in [-0.1, -0.05) is 37.6 Å². The highest BCUT2D eigenvalue weighted by Crippen LogP contribution is 2.38. The summed E-state index contributed by atoms with van der Waals surface area (Å²) in [6, 6.07) is 10.1. The Morgan fingerprint density at radius 1 is 1.38 bits per heavy atom. The van der Waals surface area contributed by atoms with Crippen molar-refractivity contribution < 1.29 is 9.90 Å². The number of hydrogen-bond acceptors (Lipinski definition) is 3.